The van der Waals surface area contributed by atoms with Crippen molar-refractivity contribution in [2.24, 2.45) is 7.05 Å². The maximum absolute atomic E-state index is 14.2. The molecule has 0 unspecified atom stereocenters. The summed E-state index contributed by atoms with van der Waals surface area (Å²) in [7, 11) is -1.79. The third kappa shape index (κ3) is 4.55. The quantitative estimate of drug-likeness (QED) is 0.579. The van der Waals surface area contributed by atoms with Gasteiger partial charge in [-0.1, -0.05) is 0 Å². The summed E-state index contributed by atoms with van der Waals surface area (Å²) in [5, 5.41) is 0. The van der Waals surface area contributed by atoms with Gasteiger partial charge in [0.05, 0.1) is 6.20 Å². The van der Waals surface area contributed by atoms with Gasteiger partial charge in [-0.05, 0) is 43.4 Å². The van der Waals surface area contributed by atoms with Gasteiger partial charge in [0.2, 0.25) is 0 Å². The standard InChI is InChI=1S/C22H21F2N3O4S/c1-27-11-16(14-5-3-4-6-15(14)22(27)28)21-19(10-25-20(26-21)12-32(2,29)30)31-18-8-7-13(23)9-17(18)24/h7-11H,3-6,12H2,1-2H3. The SMILES string of the molecule is Cn1cc(-c2nc(CS(C)(=O)=O)ncc2Oc2ccc(F)cc2F)c2c(c1=O)CCCC2. The molecule has 0 fully saturated rings. The molecule has 10 heteroatoms. The van der Waals surface area contributed by atoms with Crippen LogP contribution in [0.4, 0.5) is 8.78 Å². The van der Waals surface area contributed by atoms with Crippen molar-refractivity contribution < 1.29 is 21.9 Å². The predicted octanol–water partition coefficient (Wildman–Crippen LogP) is 3.34. The third-order valence-electron chi connectivity index (χ3n) is 5.26. The minimum atomic E-state index is -3.41. The number of pyridine rings is 1. The smallest absolute Gasteiger partial charge is 0.253 e. The molecule has 0 bridgehead atoms. The molecule has 0 spiro atoms. The molecule has 0 saturated heterocycles. The van der Waals surface area contributed by atoms with E-state index in [2.05, 4.69) is 9.97 Å². The van der Waals surface area contributed by atoms with Gasteiger partial charge in [-0.25, -0.2) is 27.2 Å². The van der Waals surface area contributed by atoms with E-state index in [4.69, 9.17) is 4.74 Å². The Balaban J connectivity index is 1.92. The zero-order valence-corrected chi connectivity index (χ0v) is 18.4. The Morgan fingerprint density at radius 2 is 1.84 bits per heavy atom. The summed E-state index contributed by atoms with van der Waals surface area (Å²) in [6.45, 7) is 0. The highest BCUT2D eigenvalue weighted by Gasteiger charge is 2.24. The molecule has 0 saturated carbocycles. The van der Waals surface area contributed by atoms with Crippen molar-refractivity contribution in [3.8, 4) is 22.8 Å². The number of benzene rings is 1. The molecule has 2 heterocycles. The van der Waals surface area contributed by atoms with Crippen LogP contribution in [0.2, 0.25) is 0 Å². The van der Waals surface area contributed by atoms with Gasteiger partial charge >= 0.3 is 0 Å². The number of rotatable bonds is 5. The van der Waals surface area contributed by atoms with Crippen LogP contribution >= 0.6 is 0 Å². The van der Waals surface area contributed by atoms with Crippen molar-refractivity contribution in [1.29, 1.82) is 0 Å². The fourth-order valence-electron chi connectivity index (χ4n) is 3.84. The van der Waals surface area contributed by atoms with E-state index in [9.17, 15) is 22.0 Å². The zero-order chi connectivity index (χ0) is 23.0. The number of sulfone groups is 1. The Morgan fingerprint density at radius 3 is 2.53 bits per heavy atom. The Hall–Kier alpha value is -3.14. The molecular weight excluding hydrogens is 440 g/mol. The Kier molecular flexibility index (Phi) is 5.81. The number of halogens is 2. The highest BCUT2D eigenvalue weighted by atomic mass is 32.2. The van der Waals surface area contributed by atoms with Crippen LogP contribution in [0, 0.1) is 11.6 Å². The van der Waals surface area contributed by atoms with Gasteiger partial charge in [-0.15, -0.1) is 0 Å². The summed E-state index contributed by atoms with van der Waals surface area (Å²) in [4.78, 5) is 21.1. The van der Waals surface area contributed by atoms with Crippen LogP contribution in [-0.2, 0) is 35.5 Å². The van der Waals surface area contributed by atoms with E-state index in [1.807, 2.05) is 0 Å². The monoisotopic (exact) mass is 461 g/mol. The predicted molar refractivity (Wildman–Crippen MR) is 114 cm³/mol. The molecular formula is C22H21F2N3O4S. The molecule has 1 aliphatic rings. The van der Waals surface area contributed by atoms with E-state index in [1.54, 1.807) is 13.2 Å². The van der Waals surface area contributed by atoms with Crippen molar-refractivity contribution in [3.63, 3.8) is 0 Å². The van der Waals surface area contributed by atoms with Crippen molar-refractivity contribution in [2.75, 3.05) is 6.26 Å². The number of aryl methyl sites for hydroxylation is 1. The molecule has 1 aromatic carbocycles. The van der Waals surface area contributed by atoms with Crippen molar-refractivity contribution in [1.82, 2.24) is 14.5 Å². The molecule has 2 aromatic heterocycles. The Morgan fingerprint density at radius 1 is 1.12 bits per heavy atom. The summed E-state index contributed by atoms with van der Waals surface area (Å²) in [5.41, 5.74) is 2.24. The van der Waals surface area contributed by atoms with Crippen LogP contribution in [0.3, 0.4) is 0 Å². The molecule has 0 radical (unpaired) electrons. The van der Waals surface area contributed by atoms with Crippen LogP contribution in [0.25, 0.3) is 11.3 Å². The van der Waals surface area contributed by atoms with Gasteiger partial charge in [0.15, 0.2) is 27.2 Å². The summed E-state index contributed by atoms with van der Waals surface area (Å²) in [6, 6.07) is 2.90. The summed E-state index contributed by atoms with van der Waals surface area (Å²) >= 11 is 0. The maximum atomic E-state index is 14.2. The van der Waals surface area contributed by atoms with Crippen LogP contribution in [-0.4, -0.2) is 29.2 Å². The normalized spacial score (nSPS) is 13.6. The van der Waals surface area contributed by atoms with Crippen molar-refractivity contribution >= 4 is 9.84 Å². The number of hydrogen-bond acceptors (Lipinski definition) is 6. The molecule has 4 rings (SSSR count). The maximum Gasteiger partial charge on any atom is 0.253 e. The van der Waals surface area contributed by atoms with E-state index in [0.717, 1.165) is 36.8 Å². The molecule has 32 heavy (non-hydrogen) atoms. The van der Waals surface area contributed by atoms with Crippen LogP contribution in [0.15, 0.2) is 35.4 Å². The number of hydrogen-bond donors (Lipinski definition) is 0. The van der Waals surface area contributed by atoms with Crippen LogP contribution in [0.5, 0.6) is 11.5 Å². The lowest BCUT2D eigenvalue weighted by Gasteiger charge is -2.21. The molecule has 3 aromatic rings. The number of aromatic nitrogens is 3. The van der Waals surface area contributed by atoms with E-state index in [-0.39, 0.29) is 34.3 Å². The van der Waals surface area contributed by atoms with Gasteiger partial charge < -0.3 is 9.30 Å². The first kappa shape index (κ1) is 22.1. The summed E-state index contributed by atoms with van der Waals surface area (Å²) < 4.78 is 58.3. The topological polar surface area (TPSA) is 91.2 Å². The lowest BCUT2D eigenvalue weighted by Crippen LogP contribution is -2.25. The van der Waals surface area contributed by atoms with Gasteiger partial charge in [0, 0.05) is 36.7 Å². The molecule has 0 aliphatic heterocycles. The number of nitrogens with zero attached hydrogens (tertiary/aromatic N) is 3. The van der Waals surface area contributed by atoms with Gasteiger partial charge in [-0.3, -0.25) is 4.79 Å². The number of fused-ring (bicyclic) bond motifs is 1. The molecule has 0 amide bonds. The average Bonchev–Trinajstić information content (AvgIpc) is 2.72. The molecule has 0 atom stereocenters. The second kappa shape index (κ2) is 8.42. The first-order valence-corrected chi connectivity index (χ1v) is 12.1. The minimum absolute atomic E-state index is 0.0489. The van der Waals surface area contributed by atoms with Gasteiger partial charge in [0.1, 0.15) is 23.1 Å². The zero-order valence-electron chi connectivity index (χ0n) is 17.6. The fourth-order valence-corrected chi connectivity index (χ4v) is 4.45. The van der Waals surface area contributed by atoms with E-state index in [1.165, 1.54) is 10.8 Å². The number of ether oxygens (including phenoxy) is 1. The van der Waals surface area contributed by atoms with E-state index >= 15 is 0 Å². The van der Waals surface area contributed by atoms with E-state index < -0.39 is 21.5 Å². The largest absolute Gasteiger partial charge is 0.450 e. The van der Waals surface area contributed by atoms with Gasteiger partial charge in [-0.2, -0.15) is 0 Å². The molecule has 0 N–H and O–H groups in total. The lowest BCUT2D eigenvalue weighted by molar-refractivity contribution is 0.435. The first-order chi connectivity index (χ1) is 15.1. The molecule has 1 aliphatic carbocycles. The van der Waals surface area contributed by atoms with Crippen LogP contribution < -0.4 is 10.3 Å². The van der Waals surface area contributed by atoms with E-state index in [0.29, 0.717) is 30.0 Å². The Bertz CT molecular complexity index is 1370. The average molecular weight is 461 g/mol. The van der Waals surface area contributed by atoms with Crippen molar-refractivity contribution in [2.45, 2.75) is 31.4 Å². The van der Waals surface area contributed by atoms with Crippen molar-refractivity contribution in [3.05, 3.63) is 69.5 Å². The molecule has 7 nitrogen and oxygen atoms in total. The molecule has 168 valence electrons. The van der Waals surface area contributed by atoms with Crippen LogP contribution in [0.1, 0.15) is 29.8 Å². The summed E-state index contributed by atoms with van der Waals surface area (Å²) in [6.07, 6.45) is 7.01. The Labute approximate surface area is 183 Å². The fraction of sp³-hybridized carbons (Fsp3) is 0.318. The highest BCUT2D eigenvalue weighted by Crippen LogP contribution is 2.36. The second-order valence-electron chi connectivity index (χ2n) is 7.87. The second-order valence-corrected chi connectivity index (χ2v) is 10.0. The highest BCUT2D eigenvalue weighted by molar-refractivity contribution is 7.89. The lowest BCUT2D eigenvalue weighted by atomic mass is 9.88. The first-order valence-electron chi connectivity index (χ1n) is 10.0. The minimum Gasteiger partial charge on any atom is -0.450 e. The van der Waals surface area contributed by atoms with Gasteiger partial charge in [0.25, 0.3) is 5.56 Å². The summed E-state index contributed by atoms with van der Waals surface area (Å²) in [5.74, 6) is -2.16. The third-order valence-corrected chi connectivity index (χ3v) is 6.04.